The van der Waals surface area contributed by atoms with E-state index in [4.69, 9.17) is 4.74 Å². The van der Waals surface area contributed by atoms with Gasteiger partial charge in [0.2, 0.25) is 0 Å². The molecule has 0 radical (unpaired) electrons. The molecule has 0 saturated heterocycles. The number of hydrogen-bond donors (Lipinski definition) is 1. The van der Waals surface area contributed by atoms with Gasteiger partial charge in [0.05, 0.1) is 0 Å². The van der Waals surface area contributed by atoms with Gasteiger partial charge < -0.3 is 10.1 Å². The highest BCUT2D eigenvalue weighted by atomic mass is 16.6. The van der Waals surface area contributed by atoms with Gasteiger partial charge in [-0.2, -0.15) is 0 Å². The minimum atomic E-state index is -0.410. The summed E-state index contributed by atoms with van der Waals surface area (Å²) in [5.74, 6) is 0. The molecule has 0 aliphatic rings. The standard InChI is InChI=1S/C7H13NO2/c1-4-6(5-2)10-7(9)8-3/h4,6H,1,5H2,2-3H3,(H,8,9). The van der Waals surface area contributed by atoms with Crippen LogP contribution < -0.4 is 5.32 Å². The number of alkyl carbamates (subject to hydrolysis) is 1. The molecule has 0 fully saturated rings. The van der Waals surface area contributed by atoms with Crippen molar-refractivity contribution in [1.82, 2.24) is 5.32 Å². The summed E-state index contributed by atoms with van der Waals surface area (Å²) in [5.41, 5.74) is 0. The van der Waals surface area contributed by atoms with E-state index in [-0.39, 0.29) is 6.10 Å². The van der Waals surface area contributed by atoms with E-state index in [1.807, 2.05) is 6.92 Å². The summed E-state index contributed by atoms with van der Waals surface area (Å²) < 4.78 is 4.83. The first-order chi connectivity index (χ1) is 4.74. The first-order valence-corrected chi connectivity index (χ1v) is 3.25. The molecule has 1 unspecified atom stereocenters. The molecular weight excluding hydrogens is 130 g/mol. The molecule has 3 nitrogen and oxygen atoms in total. The maximum Gasteiger partial charge on any atom is 0.407 e. The average Bonchev–Trinajstić information content (AvgIpc) is 1.99. The monoisotopic (exact) mass is 143 g/mol. The number of hydrogen-bond acceptors (Lipinski definition) is 2. The van der Waals surface area contributed by atoms with Gasteiger partial charge in [-0.15, -0.1) is 0 Å². The Hall–Kier alpha value is -0.990. The predicted octanol–water partition coefficient (Wildman–Crippen LogP) is 1.31. The van der Waals surface area contributed by atoms with Crippen LogP contribution in [0.4, 0.5) is 4.79 Å². The molecule has 0 aliphatic heterocycles. The lowest BCUT2D eigenvalue weighted by molar-refractivity contribution is 0.120. The van der Waals surface area contributed by atoms with Crippen molar-refractivity contribution in [2.45, 2.75) is 19.4 Å². The van der Waals surface area contributed by atoms with Crippen LogP contribution in [0.3, 0.4) is 0 Å². The van der Waals surface area contributed by atoms with Crippen molar-refractivity contribution < 1.29 is 9.53 Å². The SMILES string of the molecule is C=CC(CC)OC(=O)NC. The first kappa shape index (κ1) is 9.01. The molecule has 10 heavy (non-hydrogen) atoms. The molecule has 0 aromatic carbocycles. The van der Waals surface area contributed by atoms with Crippen LogP contribution >= 0.6 is 0 Å². The molecule has 0 aliphatic carbocycles. The number of amides is 1. The second-order valence-corrected chi connectivity index (χ2v) is 1.84. The van der Waals surface area contributed by atoms with Gasteiger partial charge >= 0.3 is 6.09 Å². The van der Waals surface area contributed by atoms with Crippen LogP contribution in [-0.4, -0.2) is 19.2 Å². The van der Waals surface area contributed by atoms with Crippen molar-refractivity contribution in [3.63, 3.8) is 0 Å². The molecule has 0 aromatic rings. The van der Waals surface area contributed by atoms with E-state index in [1.54, 1.807) is 6.08 Å². The number of carbonyl (C=O) groups excluding carboxylic acids is 1. The Morgan fingerprint density at radius 1 is 1.90 bits per heavy atom. The van der Waals surface area contributed by atoms with E-state index in [0.717, 1.165) is 6.42 Å². The van der Waals surface area contributed by atoms with E-state index in [1.165, 1.54) is 7.05 Å². The van der Waals surface area contributed by atoms with Crippen LogP contribution in [0, 0.1) is 0 Å². The summed E-state index contributed by atoms with van der Waals surface area (Å²) in [7, 11) is 1.53. The lowest BCUT2D eigenvalue weighted by Gasteiger charge is -2.09. The molecule has 0 aromatic heterocycles. The van der Waals surface area contributed by atoms with Crippen molar-refractivity contribution in [2.75, 3.05) is 7.05 Å². The van der Waals surface area contributed by atoms with Gasteiger partial charge in [0.15, 0.2) is 0 Å². The Bertz CT molecular complexity index is 123. The molecule has 0 spiro atoms. The summed E-state index contributed by atoms with van der Waals surface area (Å²) in [5, 5.41) is 2.36. The predicted molar refractivity (Wildman–Crippen MR) is 39.8 cm³/mol. The van der Waals surface area contributed by atoms with Gasteiger partial charge in [0, 0.05) is 7.05 Å². The molecular formula is C7H13NO2. The normalized spacial score (nSPS) is 11.8. The van der Waals surface area contributed by atoms with Crippen LogP contribution in [0.1, 0.15) is 13.3 Å². The van der Waals surface area contributed by atoms with Crippen molar-refractivity contribution >= 4 is 6.09 Å². The van der Waals surface area contributed by atoms with Crippen molar-refractivity contribution in [3.8, 4) is 0 Å². The second-order valence-electron chi connectivity index (χ2n) is 1.84. The van der Waals surface area contributed by atoms with E-state index < -0.39 is 6.09 Å². The highest BCUT2D eigenvalue weighted by molar-refractivity contribution is 5.67. The van der Waals surface area contributed by atoms with Crippen LogP contribution in [0.25, 0.3) is 0 Å². The fourth-order valence-corrected chi connectivity index (χ4v) is 0.495. The summed E-state index contributed by atoms with van der Waals surface area (Å²) in [6.07, 6.45) is 1.79. The summed E-state index contributed by atoms with van der Waals surface area (Å²) in [4.78, 5) is 10.6. The largest absolute Gasteiger partial charge is 0.442 e. The Labute approximate surface area is 61.1 Å². The van der Waals surface area contributed by atoms with Gasteiger partial charge in [-0.25, -0.2) is 4.79 Å². The Kier molecular flexibility index (Phi) is 4.37. The lowest BCUT2D eigenvalue weighted by Crippen LogP contribution is -2.24. The minimum absolute atomic E-state index is 0.167. The Morgan fingerprint density at radius 2 is 2.50 bits per heavy atom. The molecule has 0 heterocycles. The minimum Gasteiger partial charge on any atom is -0.442 e. The van der Waals surface area contributed by atoms with Gasteiger partial charge in [-0.1, -0.05) is 19.6 Å². The number of ether oxygens (including phenoxy) is 1. The summed E-state index contributed by atoms with van der Waals surface area (Å²) >= 11 is 0. The van der Waals surface area contributed by atoms with Crippen molar-refractivity contribution in [1.29, 1.82) is 0 Å². The van der Waals surface area contributed by atoms with Gasteiger partial charge in [0.25, 0.3) is 0 Å². The molecule has 1 N–H and O–H groups in total. The van der Waals surface area contributed by atoms with Crippen LogP contribution in [0.5, 0.6) is 0 Å². The maximum absolute atomic E-state index is 10.6. The zero-order valence-corrected chi connectivity index (χ0v) is 6.39. The van der Waals surface area contributed by atoms with Crippen LogP contribution in [0.2, 0.25) is 0 Å². The highest BCUT2D eigenvalue weighted by Crippen LogP contribution is 1.97. The second kappa shape index (κ2) is 4.85. The third kappa shape index (κ3) is 3.12. The fourth-order valence-electron chi connectivity index (χ4n) is 0.495. The molecule has 1 atom stereocenters. The zero-order chi connectivity index (χ0) is 7.98. The van der Waals surface area contributed by atoms with Crippen LogP contribution in [-0.2, 0) is 4.74 Å². The Balaban J connectivity index is 3.62. The summed E-state index contributed by atoms with van der Waals surface area (Å²) in [6, 6.07) is 0. The van der Waals surface area contributed by atoms with Gasteiger partial charge in [0.1, 0.15) is 6.10 Å². The van der Waals surface area contributed by atoms with E-state index in [2.05, 4.69) is 11.9 Å². The first-order valence-electron chi connectivity index (χ1n) is 3.25. The molecule has 0 saturated carbocycles. The third-order valence-electron chi connectivity index (χ3n) is 1.13. The van der Waals surface area contributed by atoms with Crippen molar-refractivity contribution in [2.24, 2.45) is 0 Å². The molecule has 1 amide bonds. The molecule has 0 rings (SSSR count). The number of rotatable bonds is 3. The summed E-state index contributed by atoms with van der Waals surface area (Å²) in [6.45, 7) is 5.44. The topological polar surface area (TPSA) is 38.3 Å². The van der Waals surface area contributed by atoms with E-state index >= 15 is 0 Å². The molecule has 0 bridgehead atoms. The quantitative estimate of drug-likeness (QED) is 0.605. The Morgan fingerprint density at radius 3 is 2.80 bits per heavy atom. The van der Waals surface area contributed by atoms with Crippen molar-refractivity contribution in [3.05, 3.63) is 12.7 Å². The zero-order valence-electron chi connectivity index (χ0n) is 6.39. The van der Waals surface area contributed by atoms with E-state index in [0.29, 0.717) is 0 Å². The third-order valence-corrected chi connectivity index (χ3v) is 1.13. The van der Waals surface area contributed by atoms with Gasteiger partial charge in [-0.3, -0.25) is 0 Å². The fraction of sp³-hybridized carbons (Fsp3) is 0.571. The average molecular weight is 143 g/mol. The number of carbonyl (C=O) groups is 1. The number of nitrogens with one attached hydrogen (secondary N) is 1. The maximum atomic E-state index is 10.6. The van der Waals surface area contributed by atoms with Crippen LogP contribution in [0.15, 0.2) is 12.7 Å². The van der Waals surface area contributed by atoms with E-state index in [9.17, 15) is 4.79 Å². The highest BCUT2D eigenvalue weighted by Gasteiger charge is 2.04. The van der Waals surface area contributed by atoms with Gasteiger partial charge in [-0.05, 0) is 6.42 Å². The molecule has 58 valence electrons. The molecule has 3 heteroatoms. The lowest BCUT2D eigenvalue weighted by atomic mass is 10.3. The smallest absolute Gasteiger partial charge is 0.407 e.